The quantitative estimate of drug-likeness (QED) is 0.124. The molecule has 254 valence electrons. The monoisotopic (exact) mass is 642 g/mol. The van der Waals surface area contributed by atoms with E-state index in [0.29, 0.717) is 29.9 Å². The molecule has 5 atom stereocenters. The fraction of sp³-hybridized carbons (Fsp3) is 0.650. The third-order valence-corrected chi connectivity index (χ3v) is 12.1. The molecule has 1 saturated heterocycles. The lowest BCUT2D eigenvalue weighted by Gasteiger charge is -2.60. The molecule has 2 aromatic carbocycles. The van der Waals surface area contributed by atoms with E-state index in [4.69, 9.17) is 9.47 Å². The van der Waals surface area contributed by atoms with E-state index in [9.17, 15) is 14.7 Å². The van der Waals surface area contributed by atoms with Crippen molar-refractivity contribution >= 4 is 11.9 Å². The summed E-state index contributed by atoms with van der Waals surface area (Å²) in [4.78, 5) is 31.2. The molecule has 3 fully saturated rings. The Morgan fingerprint density at radius 2 is 1.83 bits per heavy atom. The highest BCUT2D eigenvalue weighted by Crippen LogP contribution is 2.66. The molecule has 0 unspecified atom stereocenters. The maximum atomic E-state index is 14.1. The van der Waals surface area contributed by atoms with Gasteiger partial charge in [-0.15, -0.1) is 0 Å². The molecule has 1 spiro atoms. The summed E-state index contributed by atoms with van der Waals surface area (Å²) in [6.07, 6.45) is 15.4. The molecule has 1 N–H and O–H groups in total. The third-order valence-electron chi connectivity index (χ3n) is 12.1. The molecule has 1 amide bonds. The lowest BCUT2D eigenvalue weighted by atomic mass is 9.50. The Bertz CT molecular complexity index is 1440. The zero-order valence-electron chi connectivity index (χ0n) is 28.6. The van der Waals surface area contributed by atoms with Crippen LogP contribution in [-0.2, 0) is 27.8 Å². The van der Waals surface area contributed by atoms with Gasteiger partial charge in [-0.05, 0) is 88.2 Å². The third kappa shape index (κ3) is 6.29. The van der Waals surface area contributed by atoms with Gasteiger partial charge in [0.1, 0.15) is 11.9 Å². The molecule has 7 rings (SSSR count). The van der Waals surface area contributed by atoms with Crippen molar-refractivity contribution in [3.05, 3.63) is 53.1 Å². The molecule has 5 aliphatic rings. The second-order valence-electron chi connectivity index (χ2n) is 15.2. The average molecular weight is 643 g/mol. The molecule has 2 saturated carbocycles. The number of likely N-dealkylation sites (tertiary alicyclic amines) is 1. The lowest BCUT2D eigenvalue weighted by Crippen LogP contribution is -2.69. The number of phenolic OH excluding ortho intramolecular Hbond substituents is 1. The van der Waals surface area contributed by atoms with E-state index < -0.39 is 5.97 Å². The van der Waals surface area contributed by atoms with Crippen LogP contribution in [0.5, 0.6) is 17.2 Å². The van der Waals surface area contributed by atoms with Gasteiger partial charge in [-0.1, -0.05) is 62.9 Å². The summed E-state index contributed by atoms with van der Waals surface area (Å²) in [5.74, 6) is 2.22. The summed E-state index contributed by atoms with van der Waals surface area (Å²) in [7, 11) is 0. The van der Waals surface area contributed by atoms with Gasteiger partial charge in [0.2, 0.25) is 5.91 Å². The van der Waals surface area contributed by atoms with Gasteiger partial charge in [0.15, 0.2) is 11.5 Å². The van der Waals surface area contributed by atoms with E-state index >= 15 is 0 Å². The minimum absolute atomic E-state index is 0.0301. The zero-order valence-corrected chi connectivity index (χ0v) is 28.6. The number of aromatic hydroxyl groups is 1. The number of nitrogens with zero attached hydrogens (tertiary/aromatic N) is 2. The standard InChI is InChI=1S/C40H54N2O5/c1-3-4-22-42(36(45)16-12-7-5-6-9-13-28-14-10-8-11-15-28)32-20-19-31-33-24-30-34(44)25-35(46-27(2)43)38-37(30)40(31,39(32)47-38)21-23-41(33)26-29-17-18-29/h8,10-11,14-15,25,29,31-33,39,44H,3-7,9,12-13,16-24,26H2,1-2H3/t31-,32-,33+,39-,40-/m0/s1. The second kappa shape index (κ2) is 13.8. The van der Waals surface area contributed by atoms with E-state index in [1.807, 2.05) is 0 Å². The van der Waals surface area contributed by atoms with Crippen molar-refractivity contribution in [2.75, 3.05) is 19.6 Å². The van der Waals surface area contributed by atoms with Gasteiger partial charge in [-0.3, -0.25) is 14.5 Å². The molecule has 2 bridgehead atoms. The number of esters is 1. The van der Waals surface area contributed by atoms with Crippen LogP contribution in [0.1, 0.15) is 114 Å². The van der Waals surface area contributed by atoms with Crippen LogP contribution in [0.3, 0.4) is 0 Å². The number of ether oxygens (including phenoxy) is 2. The molecule has 7 nitrogen and oxygen atoms in total. The Morgan fingerprint density at radius 3 is 2.60 bits per heavy atom. The van der Waals surface area contributed by atoms with Gasteiger partial charge in [0.25, 0.3) is 0 Å². The molecule has 0 radical (unpaired) electrons. The van der Waals surface area contributed by atoms with Crippen LogP contribution < -0.4 is 9.47 Å². The Balaban J connectivity index is 1.10. The number of carbonyl (C=O) groups is 2. The zero-order chi connectivity index (χ0) is 32.5. The van der Waals surface area contributed by atoms with E-state index in [2.05, 4.69) is 47.1 Å². The van der Waals surface area contributed by atoms with Crippen molar-refractivity contribution in [1.29, 1.82) is 0 Å². The van der Waals surface area contributed by atoms with Crippen molar-refractivity contribution in [2.45, 2.75) is 134 Å². The van der Waals surface area contributed by atoms with Crippen LogP contribution in [0, 0.1) is 11.8 Å². The molecule has 2 aromatic rings. The normalized spacial score (nSPS) is 27.2. The van der Waals surface area contributed by atoms with Crippen molar-refractivity contribution in [2.24, 2.45) is 11.8 Å². The Morgan fingerprint density at radius 1 is 1.04 bits per heavy atom. The van der Waals surface area contributed by atoms with Crippen molar-refractivity contribution in [3.8, 4) is 17.2 Å². The first-order valence-corrected chi connectivity index (χ1v) is 18.7. The molecule has 3 aliphatic carbocycles. The highest BCUT2D eigenvalue weighted by atomic mass is 16.6. The first-order valence-electron chi connectivity index (χ1n) is 18.7. The van der Waals surface area contributed by atoms with Crippen LogP contribution in [0.2, 0.25) is 0 Å². The molecule has 7 heteroatoms. The van der Waals surface area contributed by atoms with Gasteiger partial charge in [-0.2, -0.15) is 0 Å². The summed E-state index contributed by atoms with van der Waals surface area (Å²) < 4.78 is 12.7. The summed E-state index contributed by atoms with van der Waals surface area (Å²) >= 11 is 0. The predicted molar refractivity (Wildman–Crippen MR) is 183 cm³/mol. The first kappa shape index (κ1) is 32.5. The topological polar surface area (TPSA) is 79.3 Å². The fourth-order valence-corrected chi connectivity index (χ4v) is 9.79. The summed E-state index contributed by atoms with van der Waals surface area (Å²) in [6, 6.07) is 12.6. The Labute approximate surface area is 281 Å². The largest absolute Gasteiger partial charge is 0.508 e. The minimum Gasteiger partial charge on any atom is -0.508 e. The van der Waals surface area contributed by atoms with Crippen LogP contribution in [0.25, 0.3) is 0 Å². The van der Waals surface area contributed by atoms with Crippen LogP contribution in [0.15, 0.2) is 36.4 Å². The van der Waals surface area contributed by atoms with Crippen LogP contribution in [0.4, 0.5) is 0 Å². The SMILES string of the molecule is CCCCN(C(=O)CCCCCCCc1ccccc1)[C@H]1CC[C@H]2[C@H]3Cc4c(O)cc(OC(C)=O)c5c4[C@@]2(CCN3CC2CC2)[C@H]1O5. The molecule has 2 aliphatic heterocycles. The Kier molecular flexibility index (Phi) is 9.55. The summed E-state index contributed by atoms with van der Waals surface area (Å²) in [5, 5.41) is 11.4. The Hall–Kier alpha value is -3.06. The van der Waals surface area contributed by atoms with Crippen molar-refractivity contribution in [1.82, 2.24) is 9.80 Å². The van der Waals surface area contributed by atoms with Gasteiger partial charge >= 0.3 is 5.97 Å². The predicted octanol–water partition coefficient (Wildman–Crippen LogP) is 7.35. The molecular formula is C40H54N2O5. The average Bonchev–Trinajstić information content (AvgIpc) is 3.82. The minimum atomic E-state index is -0.419. The summed E-state index contributed by atoms with van der Waals surface area (Å²) in [5.41, 5.74) is 3.17. The van der Waals surface area contributed by atoms with E-state index in [1.54, 1.807) is 6.07 Å². The number of unbranched alkanes of at least 4 members (excludes halogenated alkanes) is 5. The molecular weight excluding hydrogens is 588 g/mol. The number of hydrogen-bond acceptors (Lipinski definition) is 6. The molecule has 0 aromatic heterocycles. The van der Waals surface area contributed by atoms with Crippen molar-refractivity contribution < 1.29 is 24.2 Å². The van der Waals surface area contributed by atoms with E-state index in [0.717, 1.165) is 101 Å². The van der Waals surface area contributed by atoms with Gasteiger partial charge in [0, 0.05) is 55.1 Å². The lowest BCUT2D eigenvalue weighted by molar-refractivity contribution is -0.143. The maximum Gasteiger partial charge on any atom is 0.308 e. The van der Waals surface area contributed by atoms with Crippen molar-refractivity contribution in [3.63, 3.8) is 0 Å². The highest BCUT2D eigenvalue weighted by molar-refractivity contribution is 5.77. The van der Waals surface area contributed by atoms with E-state index in [-0.39, 0.29) is 29.2 Å². The van der Waals surface area contributed by atoms with Crippen LogP contribution >= 0.6 is 0 Å². The molecule has 2 heterocycles. The summed E-state index contributed by atoms with van der Waals surface area (Å²) in [6.45, 7) is 6.50. The number of rotatable bonds is 15. The molecule has 47 heavy (non-hydrogen) atoms. The number of hydrogen-bond donors (Lipinski definition) is 1. The van der Waals surface area contributed by atoms with Gasteiger partial charge in [0.05, 0.1) is 6.04 Å². The first-order chi connectivity index (χ1) is 22.9. The highest BCUT2D eigenvalue weighted by Gasteiger charge is 2.67. The van der Waals surface area contributed by atoms with Gasteiger partial charge in [-0.25, -0.2) is 0 Å². The van der Waals surface area contributed by atoms with Gasteiger partial charge < -0.3 is 19.5 Å². The number of amides is 1. The number of phenols is 1. The van der Waals surface area contributed by atoms with Crippen LogP contribution in [-0.4, -0.2) is 64.6 Å². The second-order valence-corrected chi connectivity index (χ2v) is 15.2. The van der Waals surface area contributed by atoms with E-state index in [1.165, 1.54) is 38.2 Å². The number of piperidine rings is 1. The fourth-order valence-electron chi connectivity index (χ4n) is 9.79. The number of carbonyl (C=O) groups excluding carboxylic acids is 2. The number of benzene rings is 2. The smallest absolute Gasteiger partial charge is 0.308 e. The number of aryl methyl sites for hydroxylation is 1. The maximum absolute atomic E-state index is 14.1.